The minimum absolute atomic E-state index is 0.0873. The van der Waals surface area contributed by atoms with Crippen LogP contribution in [0.1, 0.15) is 6.23 Å². The topological polar surface area (TPSA) is 138 Å². The van der Waals surface area contributed by atoms with Crippen molar-refractivity contribution in [3.05, 3.63) is 10.5 Å². The minimum Gasteiger partial charge on any atom is -0.479 e. The van der Waals surface area contributed by atoms with E-state index in [9.17, 15) is 32.6 Å². The quantitative estimate of drug-likeness (QED) is 0.437. The first-order valence-electron chi connectivity index (χ1n) is 8.01. The van der Waals surface area contributed by atoms with Gasteiger partial charge in [0.15, 0.2) is 29.7 Å². The monoisotopic (exact) mass is 421 g/mol. The molecule has 10 nitrogen and oxygen atoms in total. The number of nitrogens with zero attached hydrogens (tertiary/aromatic N) is 4. The lowest BCUT2D eigenvalue weighted by molar-refractivity contribution is -0.241. The standard InChI is InChI=1S/C15H15F4N5O5/c1-3-4-23-6-10(21-13(20)22-11(6)28-2)24(14(23)27)12-7(25)5(16)8(29-12)9(26)15(17,18)19/h1,5,7-9,12,25-26H,4H2,2H3,(H2,20,21,22)/t5-,7-,8+,9-,12-/m1/s1. The molecule has 1 saturated heterocycles. The molecule has 1 aliphatic heterocycles. The normalized spacial score (nSPS) is 25.9. The molecular weight excluding hydrogens is 406 g/mol. The fraction of sp³-hybridized carbons (Fsp3) is 0.533. The van der Waals surface area contributed by atoms with Crippen molar-refractivity contribution in [3.63, 3.8) is 0 Å². The first kappa shape index (κ1) is 20.8. The van der Waals surface area contributed by atoms with Crippen molar-refractivity contribution in [1.82, 2.24) is 19.1 Å². The average Bonchev–Trinajstić information content (AvgIpc) is 3.08. The second-order valence-corrected chi connectivity index (χ2v) is 6.12. The second-order valence-electron chi connectivity index (χ2n) is 6.12. The number of alkyl halides is 4. The van der Waals surface area contributed by atoms with E-state index in [4.69, 9.17) is 21.6 Å². The molecule has 2 aromatic heterocycles. The Morgan fingerprint density at radius 3 is 2.66 bits per heavy atom. The maximum atomic E-state index is 14.3. The number of fused-ring (bicyclic) bond motifs is 1. The summed E-state index contributed by atoms with van der Waals surface area (Å²) in [5.74, 6) is 1.63. The zero-order valence-corrected chi connectivity index (χ0v) is 14.7. The van der Waals surface area contributed by atoms with Crippen molar-refractivity contribution >= 4 is 17.1 Å². The largest absolute Gasteiger partial charge is 0.479 e. The molecule has 0 radical (unpaired) electrons. The molecule has 3 heterocycles. The SMILES string of the molecule is C#CCn1c(=O)n([C@@H]2O[C@H]([C@@H](O)C(F)(F)F)[C@H](F)[C@H]2O)c2nc(N)nc(OC)c21. The highest BCUT2D eigenvalue weighted by atomic mass is 19.4. The summed E-state index contributed by atoms with van der Waals surface area (Å²) in [4.78, 5) is 20.5. The van der Waals surface area contributed by atoms with E-state index in [-0.39, 0.29) is 29.5 Å². The van der Waals surface area contributed by atoms with Gasteiger partial charge in [-0.3, -0.25) is 4.57 Å². The number of nitrogens with two attached hydrogens (primary N) is 1. The number of ether oxygens (including phenoxy) is 2. The summed E-state index contributed by atoms with van der Waals surface area (Å²) in [5, 5.41) is 19.5. The highest BCUT2D eigenvalue weighted by Crippen LogP contribution is 2.38. The van der Waals surface area contributed by atoms with Crippen molar-refractivity contribution in [3.8, 4) is 18.2 Å². The highest BCUT2D eigenvalue weighted by Gasteiger charge is 2.56. The Morgan fingerprint density at radius 1 is 1.45 bits per heavy atom. The maximum Gasteiger partial charge on any atom is 0.417 e. The molecule has 1 fully saturated rings. The zero-order valence-electron chi connectivity index (χ0n) is 14.7. The number of hydrogen-bond donors (Lipinski definition) is 3. The maximum absolute atomic E-state index is 14.3. The molecule has 0 spiro atoms. The molecule has 0 unspecified atom stereocenters. The highest BCUT2D eigenvalue weighted by molar-refractivity contribution is 5.78. The molecule has 0 saturated carbocycles. The number of aliphatic hydroxyl groups excluding tert-OH is 2. The third-order valence-corrected chi connectivity index (χ3v) is 4.36. The van der Waals surface area contributed by atoms with Gasteiger partial charge < -0.3 is 25.4 Å². The van der Waals surface area contributed by atoms with E-state index in [0.717, 1.165) is 4.57 Å². The van der Waals surface area contributed by atoms with Gasteiger partial charge in [-0.05, 0) is 0 Å². The molecule has 0 bridgehead atoms. The van der Waals surface area contributed by atoms with Gasteiger partial charge in [-0.25, -0.2) is 13.8 Å². The Morgan fingerprint density at radius 2 is 2.10 bits per heavy atom. The number of imidazole rings is 1. The van der Waals surface area contributed by atoms with Crippen molar-refractivity contribution in [2.45, 2.75) is 43.4 Å². The molecule has 4 N–H and O–H groups in total. The van der Waals surface area contributed by atoms with E-state index < -0.39 is 42.6 Å². The minimum atomic E-state index is -5.22. The van der Waals surface area contributed by atoms with Crippen LogP contribution in [0.15, 0.2) is 4.79 Å². The van der Waals surface area contributed by atoms with E-state index in [1.54, 1.807) is 0 Å². The Kier molecular flexibility index (Phi) is 5.15. The van der Waals surface area contributed by atoms with Gasteiger partial charge in [0.2, 0.25) is 11.8 Å². The van der Waals surface area contributed by atoms with Gasteiger partial charge in [0.25, 0.3) is 0 Å². The lowest BCUT2D eigenvalue weighted by Crippen LogP contribution is -2.44. The van der Waals surface area contributed by atoms with Crippen LogP contribution in [0.5, 0.6) is 5.88 Å². The molecule has 14 heteroatoms. The molecule has 1 aliphatic rings. The van der Waals surface area contributed by atoms with Gasteiger partial charge >= 0.3 is 11.9 Å². The average molecular weight is 421 g/mol. The number of halogens is 4. The third-order valence-electron chi connectivity index (χ3n) is 4.36. The molecular formula is C15H15F4N5O5. The molecule has 3 rings (SSSR count). The van der Waals surface area contributed by atoms with E-state index in [1.807, 2.05) is 0 Å². The predicted octanol–water partition coefficient (Wildman–Crippen LogP) is -0.663. The Bertz CT molecular complexity index is 1030. The summed E-state index contributed by atoms with van der Waals surface area (Å²) < 4.78 is 64.2. The summed E-state index contributed by atoms with van der Waals surface area (Å²) in [6.07, 6.45) is -12.5. The van der Waals surface area contributed by atoms with Crippen molar-refractivity contribution in [2.24, 2.45) is 0 Å². The van der Waals surface area contributed by atoms with Crippen LogP contribution >= 0.6 is 0 Å². The van der Waals surface area contributed by atoms with Crippen LogP contribution in [0.4, 0.5) is 23.5 Å². The van der Waals surface area contributed by atoms with Crippen LogP contribution in [-0.2, 0) is 11.3 Å². The number of methoxy groups -OCH3 is 1. The number of aromatic nitrogens is 4. The summed E-state index contributed by atoms with van der Waals surface area (Å²) in [6.45, 7) is -0.331. The Hall–Kier alpha value is -2.89. The molecule has 0 aliphatic carbocycles. The Labute approximate surface area is 159 Å². The number of terminal acetylenes is 1. The molecule has 5 atom stereocenters. The van der Waals surface area contributed by atoms with Gasteiger partial charge in [0.05, 0.1) is 13.7 Å². The van der Waals surface area contributed by atoms with Crippen molar-refractivity contribution in [2.75, 3.05) is 12.8 Å². The number of nitrogen functional groups attached to an aromatic ring is 1. The molecule has 0 amide bonds. The number of aliphatic hydroxyl groups is 2. The summed E-state index contributed by atoms with van der Waals surface area (Å²) in [5.41, 5.74) is 4.17. The predicted molar refractivity (Wildman–Crippen MR) is 88.5 cm³/mol. The lowest BCUT2D eigenvalue weighted by Gasteiger charge is -2.22. The molecule has 158 valence electrons. The van der Waals surface area contributed by atoms with Gasteiger partial charge in [0, 0.05) is 0 Å². The van der Waals surface area contributed by atoms with E-state index in [0.29, 0.717) is 4.57 Å². The fourth-order valence-electron chi connectivity index (χ4n) is 3.09. The third kappa shape index (κ3) is 3.26. The smallest absolute Gasteiger partial charge is 0.417 e. The van der Waals surface area contributed by atoms with Gasteiger partial charge in [-0.1, -0.05) is 5.92 Å². The fourth-order valence-corrected chi connectivity index (χ4v) is 3.09. The number of rotatable bonds is 4. The zero-order chi connectivity index (χ0) is 21.7. The first-order chi connectivity index (χ1) is 13.5. The second kappa shape index (κ2) is 7.17. The van der Waals surface area contributed by atoms with E-state index in [1.165, 1.54) is 7.11 Å². The Balaban J connectivity index is 2.20. The van der Waals surface area contributed by atoms with Gasteiger partial charge in [0.1, 0.15) is 12.2 Å². The summed E-state index contributed by atoms with van der Waals surface area (Å²) >= 11 is 0. The molecule has 0 aromatic carbocycles. The van der Waals surface area contributed by atoms with E-state index >= 15 is 0 Å². The number of hydrogen-bond acceptors (Lipinski definition) is 8. The number of anilines is 1. The summed E-state index contributed by atoms with van der Waals surface area (Å²) in [7, 11) is 1.21. The first-order valence-corrected chi connectivity index (χ1v) is 8.01. The molecule has 29 heavy (non-hydrogen) atoms. The lowest BCUT2D eigenvalue weighted by atomic mass is 10.1. The van der Waals surface area contributed by atoms with Crippen LogP contribution in [0.2, 0.25) is 0 Å². The van der Waals surface area contributed by atoms with Crippen LogP contribution in [-0.4, -0.2) is 67.1 Å². The van der Waals surface area contributed by atoms with Crippen LogP contribution < -0.4 is 16.2 Å². The van der Waals surface area contributed by atoms with Crippen LogP contribution in [0.25, 0.3) is 11.2 Å². The van der Waals surface area contributed by atoms with Crippen molar-refractivity contribution in [1.29, 1.82) is 0 Å². The molecule has 2 aromatic rings. The summed E-state index contributed by atoms with van der Waals surface area (Å²) in [6, 6.07) is 0. The van der Waals surface area contributed by atoms with Gasteiger partial charge in [-0.2, -0.15) is 23.1 Å². The van der Waals surface area contributed by atoms with Crippen LogP contribution in [0, 0.1) is 12.3 Å². The van der Waals surface area contributed by atoms with Gasteiger partial charge in [-0.15, -0.1) is 6.42 Å². The van der Waals surface area contributed by atoms with Crippen LogP contribution in [0.3, 0.4) is 0 Å². The van der Waals surface area contributed by atoms with Crippen molar-refractivity contribution < 1.29 is 37.2 Å². The van der Waals surface area contributed by atoms with E-state index in [2.05, 4.69) is 15.9 Å².